The highest BCUT2D eigenvalue weighted by Gasteiger charge is 2.11. The highest BCUT2D eigenvalue weighted by molar-refractivity contribution is 9.10. The number of benzene rings is 2. The lowest BCUT2D eigenvalue weighted by Crippen LogP contribution is -2.18. The summed E-state index contributed by atoms with van der Waals surface area (Å²) in [5.41, 5.74) is 6.50. The van der Waals surface area contributed by atoms with Crippen molar-refractivity contribution < 1.29 is 9.13 Å². The molecule has 5 heteroatoms. The van der Waals surface area contributed by atoms with Crippen LogP contribution in [0.2, 0.25) is 5.02 Å². The van der Waals surface area contributed by atoms with Crippen LogP contribution < -0.4 is 10.5 Å². The molecular weight excluding hydrogens is 345 g/mol. The van der Waals surface area contributed by atoms with Gasteiger partial charge in [0.25, 0.3) is 0 Å². The molecule has 2 aromatic rings. The Hall–Kier alpha value is -1.10. The van der Waals surface area contributed by atoms with Crippen molar-refractivity contribution in [3.63, 3.8) is 0 Å². The van der Waals surface area contributed by atoms with E-state index in [0.29, 0.717) is 22.9 Å². The molecule has 0 radical (unpaired) electrons. The minimum Gasteiger partial charge on any atom is -0.455 e. The Morgan fingerprint density at radius 3 is 2.70 bits per heavy atom. The fourth-order valence-corrected chi connectivity index (χ4v) is 2.32. The molecule has 0 heterocycles. The van der Waals surface area contributed by atoms with Crippen LogP contribution in [0.4, 0.5) is 4.39 Å². The lowest BCUT2D eigenvalue weighted by atomic mass is 10.1. The molecule has 0 saturated carbocycles. The van der Waals surface area contributed by atoms with Gasteiger partial charge in [0.1, 0.15) is 17.3 Å². The molecule has 1 unspecified atom stereocenters. The number of hydrogen-bond acceptors (Lipinski definition) is 2. The molecule has 0 bridgehead atoms. The standard InChI is InChI=1S/C15H14BrClFNO/c1-9(19)6-10-7-12(18)3-5-14(10)20-15-8-11(16)2-4-13(15)17/h2-5,7-9H,6,19H2,1H3. The molecule has 0 aliphatic carbocycles. The molecule has 106 valence electrons. The Balaban J connectivity index is 2.35. The van der Waals surface area contributed by atoms with Crippen LogP contribution in [0.5, 0.6) is 11.5 Å². The van der Waals surface area contributed by atoms with E-state index in [-0.39, 0.29) is 11.9 Å². The zero-order valence-corrected chi connectivity index (χ0v) is 13.2. The van der Waals surface area contributed by atoms with Gasteiger partial charge in [-0.3, -0.25) is 0 Å². The van der Waals surface area contributed by atoms with Gasteiger partial charge >= 0.3 is 0 Å². The molecule has 0 aliphatic rings. The van der Waals surface area contributed by atoms with Crippen LogP contribution in [0.15, 0.2) is 40.9 Å². The topological polar surface area (TPSA) is 35.2 Å². The van der Waals surface area contributed by atoms with Crippen LogP contribution in [0, 0.1) is 5.82 Å². The van der Waals surface area contributed by atoms with Gasteiger partial charge in [0, 0.05) is 10.5 Å². The van der Waals surface area contributed by atoms with Gasteiger partial charge in [-0.15, -0.1) is 0 Å². The molecule has 0 aromatic heterocycles. The molecule has 0 amide bonds. The van der Waals surface area contributed by atoms with Crippen LogP contribution >= 0.6 is 27.5 Å². The fourth-order valence-electron chi connectivity index (χ4n) is 1.83. The molecule has 0 fully saturated rings. The minimum absolute atomic E-state index is 0.0860. The van der Waals surface area contributed by atoms with E-state index in [4.69, 9.17) is 22.1 Å². The van der Waals surface area contributed by atoms with E-state index in [1.54, 1.807) is 18.2 Å². The first-order chi connectivity index (χ1) is 9.45. The number of rotatable bonds is 4. The average Bonchev–Trinajstić information content (AvgIpc) is 2.36. The predicted octanol–water partition coefficient (Wildman–Crippen LogP) is 4.92. The quantitative estimate of drug-likeness (QED) is 0.841. The molecule has 0 spiro atoms. The maximum atomic E-state index is 13.3. The van der Waals surface area contributed by atoms with E-state index in [1.807, 2.05) is 13.0 Å². The number of hydrogen-bond donors (Lipinski definition) is 1. The summed E-state index contributed by atoms with van der Waals surface area (Å²) in [7, 11) is 0. The maximum absolute atomic E-state index is 13.3. The summed E-state index contributed by atoms with van der Waals surface area (Å²) >= 11 is 9.45. The van der Waals surface area contributed by atoms with E-state index in [2.05, 4.69) is 15.9 Å². The lowest BCUT2D eigenvalue weighted by molar-refractivity contribution is 0.471. The van der Waals surface area contributed by atoms with Crippen molar-refractivity contribution in [2.45, 2.75) is 19.4 Å². The van der Waals surface area contributed by atoms with E-state index in [1.165, 1.54) is 12.1 Å². The summed E-state index contributed by atoms with van der Waals surface area (Å²) in [5, 5.41) is 0.490. The largest absolute Gasteiger partial charge is 0.455 e. The second-order valence-electron chi connectivity index (χ2n) is 4.61. The van der Waals surface area contributed by atoms with Crippen molar-refractivity contribution in [1.29, 1.82) is 0 Å². The van der Waals surface area contributed by atoms with Crippen LogP contribution in [0.25, 0.3) is 0 Å². The predicted molar refractivity (Wildman–Crippen MR) is 83.0 cm³/mol. The Labute approximate surface area is 130 Å². The Kier molecular flexibility index (Phi) is 5.02. The molecular formula is C15H14BrClFNO. The minimum atomic E-state index is -0.312. The fraction of sp³-hybridized carbons (Fsp3) is 0.200. The van der Waals surface area contributed by atoms with Crippen molar-refractivity contribution in [2.24, 2.45) is 5.73 Å². The molecule has 2 N–H and O–H groups in total. The van der Waals surface area contributed by atoms with Crippen molar-refractivity contribution >= 4 is 27.5 Å². The van der Waals surface area contributed by atoms with E-state index in [0.717, 1.165) is 10.0 Å². The second-order valence-corrected chi connectivity index (χ2v) is 5.93. The third-order valence-electron chi connectivity index (χ3n) is 2.68. The van der Waals surface area contributed by atoms with Crippen molar-refractivity contribution in [2.75, 3.05) is 0 Å². The Bertz CT molecular complexity index is 619. The van der Waals surface area contributed by atoms with Gasteiger partial charge in [-0.2, -0.15) is 0 Å². The summed E-state index contributed by atoms with van der Waals surface area (Å²) in [5.74, 6) is 0.760. The van der Waals surface area contributed by atoms with E-state index in [9.17, 15) is 4.39 Å². The molecule has 20 heavy (non-hydrogen) atoms. The number of halogens is 3. The normalized spacial score (nSPS) is 12.2. The number of ether oxygens (including phenoxy) is 1. The SMILES string of the molecule is CC(N)Cc1cc(F)ccc1Oc1cc(Br)ccc1Cl. The van der Waals surface area contributed by atoms with Crippen LogP contribution in [0.1, 0.15) is 12.5 Å². The van der Waals surface area contributed by atoms with Gasteiger partial charge in [-0.25, -0.2) is 4.39 Å². The first kappa shape index (κ1) is 15.3. The summed E-state index contributed by atoms with van der Waals surface area (Å²) in [6, 6.07) is 9.61. The Morgan fingerprint density at radius 1 is 1.25 bits per heavy atom. The molecule has 0 aliphatic heterocycles. The van der Waals surface area contributed by atoms with Gasteiger partial charge < -0.3 is 10.5 Å². The Morgan fingerprint density at radius 2 is 2.00 bits per heavy atom. The van der Waals surface area contributed by atoms with Gasteiger partial charge in [-0.1, -0.05) is 27.5 Å². The lowest BCUT2D eigenvalue weighted by Gasteiger charge is -2.14. The monoisotopic (exact) mass is 357 g/mol. The summed E-state index contributed by atoms with van der Waals surface area (Å²) in [6.07, 6.45) is 0.527. The zero-order valence-electron chi connectivity index (χ0n) is 10.9. The van der Waals surface area contributed by atoms with Crippen LogP contribution in [-0.2, 0) is 6.42 Å². The second kappa shape index (κ2) is 6.57. The van der Waals surface area contributed by atoms with Gasteiger partial charge in [-0.05, 0) is 55.3 Å². The average molecular weight is 359 g/mol. The maximum Gasteiger partial charge on any atom is 0.147 e. The summed E-state index contributed by atoms with van der Waals surface area (Å²) in [4.78, 5) is 0. The van der Waals surface area contributed by atoms with Gasteiger partial charge in [0.05, 0.1) is 5.02 Å². The van der Waals surface area contributed by atoms with Crippen LogP contribution in [0.3, 0.4) is 0 Å². The molecule has 1 atom stereocenters. The van der Waals surface area contributed by atoms with Crippen molar-refractivity contribution in [1.82, 2.24) is 0 Å². The van der Waals surface area contributed by atoms with Crippen molar-refractivity contribution in [3.05, 3.63) is 57.3 Å². The summed E-state index contributed by atoms with van der Waals surface area (Å²) < 4.78 is 20.0. The van der Waals surface area contributed by atoms with Gasteiger partial charge in [0.2, 0.25) is 0 Å². The van der Waals surface area contributed by atoms with Crippen molar-refractivity contribution in [3.8, 4) is 11.5 Å². The van der Waals surface area contributed by atoms with E-state index < -0.39 is 0 Å². The molecule has 2 aromatic carbocycles. The molecule has 0 saturated heterocycles. The van der Waals surface area contributed by atoms with Gasteiger partial charge in [0.15, 0.2) is 0 Å². The zero-order chi connectivity index (χ0) is 14.7. The molecule has 2 rings (SSSR count). The summed E-state index contributed by atoms with van der Waals surface area (Å²) in [6.45, 7) is 1.86. The third-order valence-corrected chi connectivity index (χ3v) is 3.48. The smallest absolute Gasteiger partial charge is 0.147 e. The highest BCUT2D eigenvalue weighted by Crippen LogP contribution is 2.34. The third kappa shape index (κ3) is 3.95. The van der Waals surface area contributed by atoms with E-state index >= 15 is 0 Å². The highest BCUT2D eigenvalue weighted by atomic mass is 79.9. The molecule has 2 nitrogen and oxygen atoms in total. The first-order valence-electron chi connectivity index (χ1n) is 6.12. The first-order valence-corrected chi connectivity index (χ1v) is 7.29. The van der Waals surface area contributed by atoms with Crippen LogP contribution in [-0.4, -0.2) is 6.04 Å². The number of nitrogens with two attached hydrogens (primary N) is 1.